The fourth-order valence-corrected chi connectivity index (χ4v) is 4.92. The number of ether oxygens (including phenoxy) is 2. The molecule has 1 unspecified atom stereocenters. The van der Waals surface area contributed by atoms with E-state index < -0.39 is 6.09 Å². The van der Waals surface area contributed by atoms with E-state index in [0.29, 0.717) is 18.5 Å². The number of hydrogen-bond acceptors (Lipinski definition) is 5. The van der Waals surface area contributed by atoms with Crippen LogP contribution in [0.1, 0.15) is 19.4 Å². The lowest BCUT2D eigenvalue weighted by atomic mass is 9.93. The van der Waals surface area contributed by atoms with Crippen molar-refractivity contribution >= 4 is 23.1 Å². The molecular formula is C30H32N4O3. The Morgan fingerprint density at radius 3 is 2.78 bits per heavy atom. The van der Waals surface area contributed by atoms with Gasteiger partial charge in [0.2, 0.25) is 5.95 Å². The molecule has 190 valence electrons. The molecular weight excluding hydrogens is 464 g/mol. The molecule has 2 heterocycles. The molecule has 1 aromatic heterocycles. The summed E-state index contributed by atoms with van der Waals surface area (Å²) in [5.74, 6) is 1.72. The van der Waals surface area contributed by atoms with Crippen molar-refractivity contribution in [1.82, 2.24) is 14.5 Å². The van der Waals surface area contributed by atoms with Crippen molar-refractivity contribution < 1.29 is 14.3 Å². The van der Waals surface area contributed by atoms with Gasteiger partial charge in [-0.05, 0) is 54.0 Å². The van der Waals surface area contributed by atoms with Crippen LogP contribution in [0.15, 0.2) is 84.1 Å². The summed E-state index contributed by atoms with van der Waals surface area (Å²) in [4.78, 5) is 18.7. The van der Waals surface area contributed by atoms with Crippen molar-refractivity contribution in [3.63, 3.8) is 0 Å². The van der Waals surface area contributed by atoms with Crippen molar-refractivity contribution in [3.8, 4) is 16.9 Å². The van der Waals surface area contributed by atoms with E-state index in [1.807, 2.05) is 23.7 Å². The van der Waals surface area contributed by atoms with Crippen molar-refractivity contribution in [2.24, 2.45) is 13.0 Å². The molecule has 0 fully saturated rings. The minimum atomic E-state index is -0.546. The number of nitrogens with zero attached hydrogens (tertiary/aromatic N) is 3. The zero-order valence-corrected chi connectivity index (χ0v) is 21.7. The van der Waals surface area contributed by atoms with Gasteiger partial charge in [0.15, 0.2) is 0 Å². The molecule has 7 nitrogen and oxygen atoms in total. The minimum absolute atomic E-state index is 0.356. The second-order valence-corrected chi connectivity index (χ2v) is 9.28. The highest BCUT2D eigenvalue weighted by Crippen LogP contribution is 2.34. The zero-order chi connectivity index (χ0) is 25.9. The smallest absolute Gasteiger partial charge is 0.413 e. The summed E-state index contributed by atoms with van der Waals surface area (Å²) >= 11 is 0. The van der Waals surface area contributed by atoms with Gasteiger partial charge in [-0.25, -0.2) is 9.78 Å². The molecule has 2 aromatic carbocycles. The van der Waals surface area contributed by atoms with Crippen LogP contribution in [-0.2, 0) is 18.3 Å². The molecule has 3 aromatic rings. The number of rotatable bonds is 4. The van der Waals surface area contributed by atoms with E-state index in [2.05, 4.69) is 89.8 Å². The third-order valence-corrected chi connectivity index (χ3v) is 6.89. The fraction of sp³-hybridized carbons (Fsp3) is 0.267. The van der Waals surface area contributed by atoms with E-state index in [-0.39, 0.29) is 0 Å². The molecule has 2 aliphatic rings. The molecule has 1 N–H and O–H groups in total. The molecule has 5 rings (SSSR count). The highest BCUT2D eigenvalue weighted by molar-refractivity contribution is 5.89. The molecule has 0 bridgehead atoms. The SMILES string of the molecule is C/C=C\C(=C1\C=CC=CC1C)N1CCOc2ccc(-c3ccc4c(c3)nc(NC(=O)OC)n4C)cc2C1. The van der Waals surface area contributed by atoms with E-state index in [1.165, 1.54) is 18.4 Å². The van der Waals surface area contributed by atoms with Crippen molar-refractivity contribution in [2.75, 3.05) is 25.6 Å². The number of carbonyl (C=O) groups is 1. The number of carbonyl (C=O) groups excluding carboxylic acids is 1. The standard InChI is InChI=1S/C30H32N4O3/c1-5-8-26(24-10-7-6-9-20(24)2)34-15-16-37-28-14-12-21(17-23(28)19-34)22-11-13-27-25(18-22)31-29(33(27)3)32-30(35)36-4/h5-14,17-18,20H,15-16,19H2,1-4H3,(H,31,32,35)/b8-5-,26-24+. The molecule has 1 aliphatic carbocycles. The van der Waals surface area contributed by atoms with Crippen LogP contribution in [0.3, 0.4) is 0 Å². The number of imidazole rings is 1. The zero-order valence-electron chi connectivity index (χ0n) is 21.7. The predicted octanol–water partition coefficient (Wildman–Crippen LogP) is 6.21. The fourth-order valence-electron chi connectivity index (χ4n) is 4.92. The monoisotopic (exact) mass is 496 g/mol. The first kappa shape index (κ1) is 24.4. The molecule has 37 heavy (non-hydrogen) atoms. The van der Waals surface area contributed by atoms with Gasteiger partial charge in [-0.2, -0.15) is 0 Å². The maximum absolute atomic E-state index is 11.7. The Hall–Kier alpha value is -4.26. The molecule has 0 saturated heterocycles. The summed E-state index contributed by atoms with van der Waals surface area (Å²) in [5.41, 5.74) is 7.56. The number of methoxy groups -OCH3 is 1. The predicted molar refractivity (Wildman–Crippen MR) is 147 cm³/mol. The number of aromatic nitrogens is 2. The van der Waals surface area contributed by atoms with Crippen LogP contribution in [0.5, 0.6) is 5.75 Å². The summed E-state index contributed by atoms with van der Waals surface area (Å²) in [6.45, 7) is 6.50. The third kappa shape index (κ3) is 4.89. The van der Waals surface area contributed by atoms with E-state index in [1.54, 1.807) is 0 Å². The lowest BCUT2D eigenvalue weighted by Crippen LogP contribution is -2.26. The molecule has 1 aliphatic heterocycles. The average Bonchev–Trinajstić information content (AvgIpc) is 3.07. The van der Waals surface area contributed by atoms with Gasteiger partial charge in [0, 0.05) is 30.8 Å². The maximum atomic E-state index is 11.7. The lowest BCUT2D eigenvalue weighted by Gasteiger charge is -2.28. The third-order valence-electron chi connectivity index (χ3n) is 6.89. The molecule has 1 atom stereocenters. The van der Waals surface area contributed by atoms with Gasteiger partial charge in [-0.3, -0.25) is 5.32 Å². The summed E-state index contributed by atoms with van der Waals surface area (Å²) in [5, 5.41) is 2.66. The van der Waals surface area contributed by atoms with Crippen LogP contribution in [0.2, 0.25) is 0 Å². The van der Waals surface area contributed by atoms with Gasteiger partial charge in [0.1, 0.15) is 12.4 Å². The summed E-state index contributed by atoms with van der Waals surface area (Å²) in [6.07, 6.45) is 12.4. The Bertz CT molecular complexity index is 1460. The molecule has 7 heteroatoms. The Morgan fingerprint density at radius 1 is 1.19 bits per heavy atom. The Labute approximate surface area is 217 Å². The summed E-state index contributed by atoms with van der Waals surface area (Å²) < 4.78 is 12.7. The topological polar surface area (TPSA) is 68.6 Å². The van der Waals surface area contributed by atoms with Crippen LogP contribution in [-0.4, -0.2) is 40.8 Å². The van der Waals surface area contributed by atoms with Crippen LogP contribution < -0.4 is 10.1 Å². The van der Waals surface area contributed by atoms with E-state index in [0.717, 1.165) is 46.6 Å². The molecule has 1 amide bonds. The highest BCUT2D eigenvalue weighted by Gasteiger charge is 2.21. The summed E-state index contributed by atoms with van der Waals surface area (Å²) in [6, 6.07) is 12.5. The van der Waals surface area contributed by atoms with Gasteiger partial charge in [0.25, 0.3) is 0 Å². The summed E-state index contributed by atoms with van der Waals surface area (Å²) in [7, 11) is 3.20. The number of amides is 1. The van der Waals surface area contributed by atoms with Gasteiger partial charge in [0.05, 0.1) is 24.7 Å². The average molecular weight is 497 g/mol. The van der Waals surface area contributed by atoms with Crippen LogP contribution >= 0.6 is 0 Å². The van der Waals surface area contributed by atoms with E-state index >= 15 is 0 Å². The number of nitrogens with one attached hydrogen (secondary N) is 1. The molecule has 0 radical (unpaired) electrons. The van der Waals surface area contributed by atoms with E-state index in [9.17, 15) is 4.79 Å². The van der Waals surface area contributed by atoms with Crippen LogP contribution in [0, 0.1) is 5.92 Å². The normalized spacial score (nSPS) is 18.5. The number of aryl methyl sites for hydroxylation is 1. The first-order valence-corrected chi connectivity index (χ1v) is 12.5. The Kier molecular flexibility index (Phi) is 6.86. The second kappa shape index (κ2) is 10.4. The van der Waals surface area contributed by atoms with Crippen molar-refractivity contribution in [3.05, 3.63) is 89.7 Å². The minimum Gasteiger partial charge on any atom is -0.491 e. The van der Waals surface area contributed by atoms with Gasteiger partial charge < -0.3 is 18.9 Å². The highest BCUT2D eigenvalue weighted by atomic mass is 16.5. The van der Waals surface area contributed by atoms with E-state index in [4.69, 9.17) is 9.47 Å². The number of anilines is 1. The van der Waals surface area contributed by atoms with Gasteiger partial charge in [-0.15, -0.1) is 0 Å². The lowest BCUT2D eigenvalue weighted by molar-refractivity contribution is 0.186. The number of fused-ring (bicyclic) bond motifs is 2. The van der Waals surface area contributed by atoms with Crippen LogP contribution in [0.25, 0.3) is 22.2 Å². The number of benzene rings is 2. The number of hydrogen-bond donors (Lipinski definition) is 1. The maximum Gasteiger partial charge on any atom is 0.413 e. The quantitative estimate of drug-likeness (QED) is 0.465. The van der Waals surface area contributed by atoms with Gasteiger partial charge >= 0.3 is 6.09 Å². The Balaban J connectivity index is 1.49. The van der Waals surface area contributed by atoms with Crippen molar-refractivity contribution in [1.29, 1.82) is 0 Å². The second-order valence-electron chi connectivity index (χ2n) is 9.28. The number of allylic oxidation sites excluding steroid dienone is 7. The first-order valence-electron chi connectivity index (χ1n) is 12.5. The van der Waals surface area contributed by atoms with Gasteiger partial charge in [-0.1, -0.05) is 49.4 Å². The largest absolute Gasteiger partial charge is 0.491 e. The Morgan fingerprint density at radius 2 is 2.00 bits per heavy atom. The molecule has 0 spiro atoms. The first-order chi connectivity index (χ1) is 18.0. The van der Waals surface area contributed by atoms with Crippen molar-refractivity contribution in [2.45, 2.75) is 20.4 Å². The van der Waals surface area contributed by atoms with Crippen LogP contribution in [0.4, 0.5) is 10.7 Å². The molecule has 0 saturated carbocycles.